The van der Waals surface area contributed by atoms with Gasteiger partial charge in [0.15, 0.2) is 5.69 Å². The van der Waals surface area contributed by atoms with Crippen molar-refractivity contribution < 1.29 is 18.9 Å². The van der Waals surface area contributed by atoms with Crippen molar-refractivity contribution in [1.82, 2.24) is 15.2 Å². The molecule has 0 spiro atoms. The first-order valence-corrected chi connectivity index (χ1v) is 8.48. The van der Waals surface area contributed by atoms with E-state index in [0.29, 0.717) is 42.6 Å². The molecule has 2 N–H and O–H groups in total. The SMILES string of the molecule is O=C(O)c1csc(CCNC(=O)N2CCS(=O)CC2)n1. The first-order valence-electron chi connectivity index (χ1n) is 6.11. The van der Waals surface area contributed by atoms with E-state index >= 15 is 0 Å². The molecule has 0 saturated carbocycles. The van der Waals surface area contributed by atoms with E-state index in [1.54, 1.807) is 4.90 Å². The topological polar surface area (TPSA) is 99.6 Å². The molecule has 1 aromatic heterocycles. The fourth-order valence-electron chi connectivity index (χ4n) is 1.75. The fraction of sp³-hybridized carbons (Fsp3) is 0.545. The van der Waals surface area contributed by atoms with E-state index in [4.69, 9.17) is 5.11 Å². The second-order valence-corrected chi connectivity index (χ2v) is 6.89. The summed E-state index contributed by atoms with van der Waals surface area (Å²) in [4.78, 5) is 28.1. The van der Waals surface area contributed by atoms with E-state index in [2.05, 4.69) is 10.3 Å². The van der Waals surface area contributed by atoms with Gasteiger partial charge in [0.05, 0.1) is 5.01 Å². The second kappa shape index (κ2) is 6.80. The number of rotatable bonds is 4. The van der Waals surface area contributed by atoms with Gasteiger partial charge in [-0.3, -0.25) is 4.21 Å². The van der Waals surface area contributed by atoms with Crippen molar-refractivity contribution in [2.24, 2.45) is 0 Å². The van der Waals surface area contributed by atoms with Crippen LogP contribution < -0.4 is 5.32 Å². The average molecular weight is 317 g/mol. The number of nitrogens with one attached hydrogen (secondary N) is 1. The molecule has 20 heavy (non-hydrogen) atoms. The number of aromatic nitrogens is 1. The largest absolute Gasteiger partial charge is 0.476 e. The molecule has 0 aliphatic carbocycles. The molecular weight excluding hydrogens is 302 g/mol. The first-order chi connectivity index (χ1) is 9.56. The van der Waals surface area contributed by atoms with Crippen LogP contribution in [0.3, 0.4) is 0 Å². The Kier molecular flexibility index (Phi) is 5.07. The normalized spacial score (nSPS) is 16.1. The van der Waals surface area contributed by atoms with Gasteiger partial charge in [0.25, 0.3) is 0 Å². The summed E-state index contributed by atoms with van der Waals surface area (Å²) in [5, 5.41) is 13.7. The number of urea groups is 1. The maximum Gasteiger partial charge on any atom is 0.355 e. The Hall–Kier alpha value is -1.48. The smallest absolute Gasteiger partial charge is 0.355 e. The van der Waals surface area contributed by atoms with Crippen molar-refractivity contribution in [3.63, 3.8) is 0 Å². The van der Waals surface area contributed by atoms with Gasteiger partial charge >= 0.3 is 12.0 Å². The molecule has 2 rings (SSSR count). The molecule has 0 atom stereocenters. The van der Waals surface area contributed by atoms with Crippen molar-refractivity contribution in [3.05, 3.63) is 16.1 Å². The molecule has 0 unspecified atom stereocenters. The third-order valence-corrected chi connectivity index (χ3v) is 5.04. The molecule has 1 aromatic rings. The zero-order valence-corrected chi connectivity index (χ0v) is 12.3. The van der Waals surface area contributed by atoms with Gasteiger partial charge in [-0.15, -0.1) is 11.3 Å². The quantitative estimate of drug-likeness (QED) is 0.824. The first kappa shape index (κ1) is 14.9. The number of carboxylic acid groups (broad SMARTS) is 1. The maximum absolute atomic E-state index is 11.8. The zero-order chi connectivity index (χ0) is 14.5. The van der Waals surface area contributed by atoms with Crippen LogP contribution in [0.2, 0.25) is 0 Å². The number of amides is 2. The van der Waals surface area contributed by atoms with Crippen molar-refractivity contribution >= 4 is 34.1 Å². The standard InChI is InChI=1S/C11H15N3O4S2/c15-10(16)8-7-19-9(13-8)1-2-12-11(17)14-3-5-20(18)6-4-14/h7H,1-6H2,(H,12,17)(H,15,16). The molecule has 9 heteroatoms. The van der Waals surface area contributed by atoms with Crippen molar-refractivity contribution in [1.29, 1.82) is 0 Å². The van der Waals surface area contributed by atoms with Gasteiger partial charge < -0.3 is 15.3 Å². The summed E-state index contributed by atoms with van der Waals surface area (Å²) in [5.41, 5.74) is 0.0369. The summed E-state index contributed by atoms with van der Waals surface area (Å²) < 4.78 is 11.2. The number of aromatic carboxylic acids is 1. The molecule has 2 amide bonds. The molecule has 0 bridgehead atoms. The minimum Gasteiger partial charge on any atom is -0.476 e. The lowest BCUT2D eigenvalue weighted by atomic mass is 10.4. The molecule has 1 aliphatic heterocycles. The molecule has 1 saturated heterocycles. The lowest BCUT2D eigenvalue weighted by molar-refractivity contribution is 0.0691. The van der Waals surface area contributed by atoms with E-state index in [1.807, 2.05) is 0 Å². The molecule has 7 nitrogen and oxygen atoms in total. The minimum absolute atomic E-state index is 0.0369. The van der Waals surface area contributed by atoms with Crippen LogP contribution in [0.15, 0.2) is 5.38 Å². The third kappa shape index (κ3) is 4.01. The highest BCUT2D eigenvalue weighted by Gasteiger charge is 2.19. The minimum atomic E-state index is -1.04. The number of hydrogen-bond acceptors (Lipinski definition) is 5. The zero-order valence-electron chi connectivity index (χ0n) is 10.7. The van der Waals surface area contributed by atoms with Crippen LogP contribution in [-0.4, -0.2) is 62.3 Å². The molecule has 2 heterocycles. The predicted molar refractivity (Wildman–Crippen MR) is 75.6 cm³/mol. The van der Waals surface area contributed by atoms with Crippen LogP contribution >= 0.6 is 11.3 Å². The summed E-state index contributed by atoms with van der Waals surface area (Å²) >= 11 is 1.27. The van der Waals surface area contributed by atoms with E-state index in [-0.39, 0.29) is 11.7 Å². The van der Waals surface area contributed by atoms with Crippen LogP contribution in [0.4, 0.5) is 4.79 Å². The Bertz CT molecular complexity index is 521. The fourth-order valence-corrected chi connectivity index (χ4v) is 3.58. The van der Waals surface area contributed by atoms with Crippen LogP contribution in [-0.2, 0) is 17.2 Å². The Morgan fingerprint density at radius 2 is 2.15 bits per heavy atom. The average Bonchev–Trinajstić information content (AvgIpc) is 2.88. The highest BCUT2D eigenvalue weighted by molar-refractivity contribution is 7.85. The summed E-state index contributed by atoms with van der Waals surface area (Å²) in [5.74, 6) is 0.0156. The van der Waals surface area contributed by atoms with Gasteiger partial charge in [-0.05, 0) is 0 Å². The Balaban J connectivity index is 1.73. The van der Waals surface area contributed by atoms with Gasteiger partial charge in [0, 0.05) is 53.7 Å². The highest BCUT2D eigenvalue weighted by atomic mass is 32.2. The number of hydrogen-bond donors (Lipinski definition) is 2. The Morgan fingerprint density at radius 3 is 2.75 bits per heavy atom. The molecular formula is C11H15N3O4S2. The lowest BCUT2D eigenvalue weighted by Gasteiger charge is -2.26. The Morgan fingerprint density at radius 1 is 1.45 bits per heavy atom. The van der Waals surface area contributed by atoms with Crippen molar-refractivity contribution in [3.8, 4) is 0 Å². The summed E-state index contributed by atoms with van der Waals surface area (Å²) in [6.45, 7) is 1.43. The van der Waals surface area contributed by atoms with Gasteiger partial charge in [-0.1, -0.05) is 0 Å². The van der Waals surface area contributed by atoms with Crippen LogP contribution in [0.1, 0.15) is 15.5 Å². The molecule has 1 fully saturated rings. The summed E-state index contributed by atoms with van der Waals surface area (Å²) in [6, 6.07) is -0.170. The van der Waals surface area contributed by atoms with Gasteiger partial charge in [0.1, 0.15) is 0 Å². The van der Waals surface area contributed by atoms with Crippen LogP contribution in [0, 0.1) is 0 Å². The molecule has 110 valence electrons. The van der Waals surface area contributed by atoms with Gasteiger partial charge in [0.2, 0.25) is 0 Å². The third-order valence-electron chi connectivity index (χ3n) is 2.85. The predicted octanol–water partition coefficient (Wildman–Crippen LogP) is 0.158. The summed E-state index contributed by atoms with van der Waals surface area (Å²) in [7, 11) is -0.800. The molecule has 0 aromatic carbocycles. The molecule has 0 radical (unpaired) electrons. The number of carbonyl (C=O) groups excluding carboxylic acids is 1. The number of nitrogens with zero attached hydrogens (tertiary/aromatic N) is 2. The number of carboxylic acids is 1. The monoisotopic (exact) mass is 317 g/mol. The van der Waals surface area contributed by atoms with Gasteiger partial charge in [-0.25, -0.2) is 14.6 Å². The second-order valence-electron chi connectivity index (χ2n) is 4.25. The lowest BCUT2D eigenvalue weighted by Crippen LogP contribution is -2.47. The van der Waals surface area contributed by atoms with Crippen molar-refractivity contribution in [2.45, 2.75) is 6.42 Å². The maximum atomic E-state index is 11.8. The van der Waals surface area contributed by atoms with E-state index in [0.717, 1.165) is 0 Å². The molecule has 1 aliphatic rings. The van der Waals surface area contributed by atoms with Crippen molar-refractivity contribution in [2.75, 3.05) is 31.1 Å². The van der Waals surface area contributed by atoms with E-state index in [1.165, 1.54) is 16.7 Å². The number of carbonyl (C=O) groups is 2. The van der Waals surface area contributed by atoms with E-state index in [9.17, 15) is 13.8 Å². The van der Waals surface area contributed by atoms with E-state index < -0.39 is 16.8 Å². The van der Waals surface area contributed by atoms with Gasteiger partial charge in [-0.2, -0.15) is 0 Å². The number of thiazole rings is 1. The summed E-state index contributed by atoms with van der Waals surface area (Å²) in [6.07, 6.45) is 0.503. The van der Waals surface area contributed by atoms with Crippen LogP contribution in [0.25, 0.3) is 0 Å². The Labute approximate surface area is 122 Å². The van der Waals surface area contributed by atoms with Crippen LogP contribution in [0.5, 0.6) is 0 Å². The highest BCUT2D eigenvalue weighted by Crippen LogP contribution is 2.10.